The summed E-state index contributed by atoms with van der Waals surface area (Å²) in [5.74, 6) is 0.171. The number of primary amides is 1. The maximum absolute atomic E-state index is 10.4. The topological polar surface area (TPSA) is 87.4 Å². The van der Waals surface area contributed by atoms with Crippen LogP contribution in [0, 0.1) is 13.8 Å². The highest BCUT2D eigenvalue weighted by atomic mass is 16.3. The van der Waals surface area contributed by atoms with Gasteiger partial charge in [-0.15, -0.1) is 0 Å². The van der Waals surface area contributed by atoms with E-state index in [4.69, 9.17) is 5.73 Å². The first-order valence-corrected chi connectivity index (χ1v) is 4.12. The Balaban J connectivity index is 2.87. The van der Waals surface area contributed by atoms with Gasteiger partial charge in [-0.2, -0.15) is 0 Å². The molecule has 14 heavy (non-hydrogen) atoms. The molecule has 0 atom stereocenters. The first-order valence-electron chi connectivity index (χ1n) is 4.12. The number of nitrogens with one attached hydrogen (secondary N) is 2. The molecule has 5 heteroatoms. The van der Waals surface area contributed by atoms with Crippen LogP contribution in [0.3, 0.4) is 0 Å². The van der Waals surface area contributed by atoms with Crippen LogP contribution >= 0.6 is 0 Å². The summed E-state index contributed by atoms with van der Waals surface area (Å²) in [5.41, 5.74) is 12.0. The molecule has 0 aliphatic rings. The number of anilines is 1. The Labute approximate surface area is 81.9 Å². The fourth-order valence-electron chi connectivity index (χ4n) is 1.10. The molecule has 1 aromatic carbocycles. The van der Waals surface area contributed by atoms with E-state index in [1.54, 1.807) is 13.0 Å². The predicted molar refractivity (Wildman–Crippen MR) is 53.9 cm³/mol. The number of aryl methyl sites for hydroxylation is 2. The third-order valence-corrected chi connectivity index (χ3v) is 1.86. The molecule has 0 saturated heterocycles. The van der Waals surface area contributed by atoms with Gasteiger partial charge in [0.15, 0.2) is 0 Å². The second kappa shape index (κ2) is 3.87. The molecule has 0 aliphatic carbocycles. The lowest BCUT2D eigenvalue weighted by Gasteiger charge is -2.10. The van der Waals surface area contributed by atoms with Gasteiger partial charge in [-0.05, 0) is 25.0 Å². The average Bonchev–Trinajstić information content (AvgIpc) is 2.09. The van der Waals surface area contributed by atoms with Crippen molar-refractivity contribution in [2.75, 3.05) is 5.43 Å². The van der Waals surface area contributed by atoms with Crippen LogP contribution in [0.15, 0.2) is 12.1 Å². The number of aromatic hydroxyl groups is 1. The molecule has 0 saturated carbocycles. The molecule has 76 valence electrons. The van der Waals surface area contributed by atoms with Crippen molar-refractivity contribution in [2.24, 2.45) is 5.73 Å². The van der Waals surface area contributed by atoms with Gasteiger partial charge in [0, 0.05) is 6.07 Å². The molecule has 5 nitrogen and oxygen atoms in total. The van der Waals surface area contributed by atoms with Crippen molar-refractivity contribution >= 4 is 11.7 Å². The number of hydrazine groups is 1. The summed E-state index contributed by atoms with van der Waals surface area (Å²) in [5, 5.41) is 9.41. The zero-order chi connectivity index (χ0) is 10.7. The van der Waals surface area contributed by atoms with E-state index in [0.717, 1.165) is 11.1 Å². The SMILES string of the molecule is Cc1cc(C)c(NNC(N)=O)cc1O. The highest BCUT2D eigenvalue weighted by Crippen LogP contribution is 2.24. The van der Waals surface area contributed by atoms with Gasteiger partial charge in [0.25, 0.3) is 0 Å². The Hall–Kier alpha value is -1.91. The number of urea groups is 1. The largest absolute Gasteiger partial charge is 0.508 e. The van der Waals surface area contributed by atoms with Crippen molar-refractivity contribution < 1.29 is 9.90 Å². The fourth-order valence-corrected chi connectivity index (χ4v) is 1.10. The van der Waals surface area contributed by atoms with Crippen LogP contribution in [0.1, 0.15) is 11.1 Å². The molecule has 0 heterocycles. The molecular formula is C9H13N3O2. The molecular weight excluding hydrogens is 182 g/mol. The minimum atomic E-state index is -0.676. The van der Waals surface area contributed by atoms with E-state index in [1.165, 1.54) is 6.07 Å². The normalized spacial score (nSPS) is 9.57. The van der Waals surface area contributed by atoms with Crippen molar-refractivity contribution in [2.45, 2.75) is 13.8 Å². The Morgan fingerprint density at radius 2 is 2.00 bits per heavy atom. The van der Waals surface area contributed by atoms with Gasteiger partial charge >= 0.3 is 6.03 Å². The maximum Gasteiger partial charge on any atom is 0.330 e. The number of phenols is 1. The number of hydrogen-bond donors (Lipinski definition) is 4. The smallest absolute Gasteiger partial charge is 0.330 e. The molecule has 0 fully saturated rings. The number of benzene rings is 1. The first-order chi connectivity index (χ1) is 6.50. The third kappa shape index (κ3) is 2.29. The highest BCUT2D eigenvalue weighted by Gasteiger charge is 2.03. The van der Waals surface area contributed by atoms with E-state index in [-0.39, 0.29) is 5.75 Å². The molecule has 1 rings (SSSR count). The van der Waals surface area contributed by atoms with Crippen LogP contribution in [0.2, 0.25) is 0 Å². The van der Waals surface area contributed by atoms with Crippen LogP contribution in [0.25, 0.3) is 0 Å². The minimum Gasteiger partial charge on any atom is -0.508 e. The Morgan fingerprint density at radius 3 is 2.57 bits per heavy atom. The van der Waals surface area contributed by atoms with Gasteiger partial charge in [-0.1, -0.05) is 6.07 Å². The average molecular weight is 195 g/mol. The molecule has 0 spiro atoms. The van der Waals surface area contributed by atoms with E-state index in [1.807, 2.05) is 6.92 Å². The van der Waals surface area contributed by atoms with Gasteiger partial charge in [0.05, 0.1) is 5.69 Å². The molecule has 0 aromatic heterocycles. The second-order valence-corrected chi connectivity index (χ2v) is 3.07. The van der Waals surface area contributed by atoms with Gasteiger partial charge in [0.2, 0.25) is 0 Å². The highest BCUT2D eigenvalue weighted by molar-refractivity contribution is 5.74. The van der Waals surface area contributed by atoms with Gasteiger partial charge in [-0.3, -0.25) is 10.9 Å². The lowest BCUT2D eigenvalue weighted by molar-refractivity contribution is 0.250. The molecule has 0 bridgehead atoms. The van der Waals surface area contributed by atoms with Crippen LogP contribution < -0.4 is 16.6 Å². The van der Waals surface area contributed by atoms with Crippen LogP contribution in [0.5, 0.6) is 5.75 Å². The zero-order valence-corrected chi connectivity index (χ0v) is 8.09. The summed E-state index contributed by atoms with van der Waals surface area (Å²) in [7, 11) is 0. The maximum atomic E-state index is 10.4. The number of carbonyl (C=O) groups excluding carboxylic acids is 1. The van der Waals surface area contributed by atoms with Crippen LogP contribution in [-0.4, -0.2) is 11.1 Å². The van der Waals surface area contributed by atoms with Gasteiger partial charge in [-0.25, -0.2) is 4.79 Å². The predicted octanol–water partition coefficient (Wildman–Crippen LogP) is 1.00. The van der Waals surface area contributed by atoms with Crippen LogP contribution in [0.4, 0.5) is 10.5 Å². The molecule has 0 aliphatic heterocycles. The molecule has 2 amide bonds. The second-order valence-electron chi connectivity index (χ2n) is 3.07. The minimum absolute atomic E-state index is 0.171. The summed E-state index contributed by atoms with van der Waals surface area (Å²) in [6, 6.07) is 2.66. The van der Waals surface area contributed by atoms with E-state index < -0.39 is 6.03 Å². The lowest BCUT2D eigenvalue weighted by Crippen LogP contribution is -2.34. The zero-order valence-electron chi connectivity index (χ0n) is 8.09. The Morgan fingerprint density at radius 1 is 1.36 bits per heavy atom. The van der Waals surface area contributed by atoms with E-state index in [2.05, 4.69) is 10.9 Å². The van der Waals surface area contributed by atoms with E-state index >= 15 is 0 Å². The van der Waals surface area contributed by atoms with Crippen molar-refractivity contribution in [3.63, 3.8) is 0 Å². The third-order valence-electron chi connectivity index (χ3n) is 1.86. The molecule has 1 aromatic rings. The summed E-state index contributed by atoms with van der Waals surface area (Å²) in [4.78, 5) is 10.4. The van der Waals surface area contributed by atoms with Gasteiger partial charge in [0.1, 0.15) is 5.75 Å². The summed E-state index contributed by atoms with van der Waals surface area (Å²) >= 11 is 0. The number of nitrogens with two attached hydrogens (primary N) is 1. The fraction of sp³-hybridized carbons (Fsp3) is 0.222. The van der Waals surface area contributed by atoms with Crippen LogP contribution in [-0.2, 0) is 0 Å². The quantitative estimate of drug-likeness (QED) is 0.531. The van der Waals surface area contributed by atoms with E-state index in [0.29, 0.717) is 5.69 Å². The summed E-state index contributed by atoms with van der Waals surface area (Å²) in [6.45, 7) is 3.66. The standard InChI is InChI=1S/C9H13N3O2/c1-5-3-6(2)8(13)4-7(5)11-12-9(10)14/h3-4,11,13H,1-2H3,(H3,10,12,14). The summed E-state index contributed by atoms with van der Waals surface area (Å²) < 4.78 is 0. The van der Waals surface area contributed by atoms with Gasteiger partial charge < -0.3 is 10.8 Å². The molecule has 0 radical (unpaired) electrons. The number of phenolic OH excluding ortho intramolecular Hbond substituents is 1. The van der Waals surface area contributed by atoms with E-state index in [9.17, 15) is 9.90 Å². The summed E-state index contributed by atoms with van der Waals surface area (Å²) in [6.07, 6.45) is 0. The number of hydrogen-bond acceptors (Lipinski definition) is 3. The molecule has 5 N–H and O–H groups in total. The number of amides is 2. The number of rotatable bonds is 2. The van der Waals surface area contributed by atoms with Crippen molar-refractivity contribution in [3.8, 4) is 5.75 Å². The van der Waals surface area contributed by atoms with Crippen molar-refractivity contribution in [3.05, 3.63) is 23.3 Å². The Kier molecular flexibility index (Phi) is 2.81. The molecule has 0 unspecified atom stereocenters. The first kappa shape index (κ1) is 10.2. The number of carbonyl (C=O) groups is 1. The lowest BCUT2D eigenvalue weighted by atomic mass is 10.1. The van der Waals surface area contributed by atoms with Crippen molar-refractivity contribution in [1.29, 1.82) is 0 Å². The Bertz CT molecular complexity index is 363. The monoisotopic (exact) mass is 195 g/mol. The van der Waals surface area contributed by atoms with Crippen molar-refractivity contribution in [1.82, 2.24) is 5.43 Å².